The van der Waals surface area contributed by atoms with Crippen LogP contribution in [0.2, 0.25) is 0 Å². The van der Waals surface area contributed by atoms with E-state index in [0.717, 1.165) is 16.9 Å². The van der Waals surface area contributed by atoms with Crippen LogP contribution in [0.25, 0.3) is 0 Å². The molecule has 0 saturated heterocycles. The molecule has 1 amide bonds. The summed E-state index contributed by atoms with van der Waals surface area (Å²) in [5, 5.41) is 11.9. The predicted molar refractivity (Wildman–Crippen MR) is 82.9 cm³/mol. The van der Waals surface area contributed by atoms with Crippen LogP contribution in [0.3, 0.4) is 0 Å². The number of ether oxygens (including phenoxy) is 1. The molecule has 2 N–H and O–H groups in total. The highest BCUT2D eigenvalue weighted by Crippen LogP contribution is 2.24. The summed E-state index contributed by atoms with van der Waals surface area (Å²) in [4.78, 5) is 22.8. The average molecular weight is 305 g/mol. The molecule has 22 heavy (non-hydrogen) atoms. The summed E-state index contributed by atoms with van der Waals surface area (Å²) in [7, 11) is 0. The van der Waals surface area contributed by atoms with Gasteiger partial charge in [-0.1, -0.05) is 17.7 Å². The SMILES string of the molecule is Cc1ccc(OCC(=O)NC2CCC(C(=O)O)CC2)c(C)c1. The zero-order valence-electron chi connectivity index (χ0n) is 13.1. The molecule has 0 radical (unpaired) electrons. The quantitative estimate of drug-likeness (QED) is 0.876. The Morgan fingerprint density at radius 2 is 1.91 bits per heavy atom. The van der Waals surface area contributed by atoms with Gasteiger partial charge in [-0.3, -0.25) is 9.59 Å². The van der Waals surface area contributed by atoms with E-state index >= 15 is 0 Å². The van der Waals surface area contributed by atoms with Crippen LogP contribution in [0.5, 0.6) is 5.75 Å². The molecule has 1 saturated carbocycles. The molecule has 0 aromatic heterocycles. The fourth-order valence-corrected chi connectivity index (χ4v) is 2.86. The first kappa shape index (κ1) is 16.3. The summed E-state index contributed by atoms with van der Waals surface area (Å²) in [6.07, 6.45) is 2.68. The minimum atomic E-state index is -0.733. The van der Waals surface area contributed by atoms with Crippen LogP contribution in [0, 0.1) is 19.8 Å². The molecular formula is C17H23NO4. The third kappa shape index (κ3) is 4.48. The van der Waals surface area contributed by atoms with E-state index in [1.807, 2.05) is 32.0 Å². The molecule has 5 heteroatoms. The van der Waals surface area contributed by atoms with Crippen molar-refractivity contribution in [2.45, 2.75) is 45.6 Å². The van der Waals surface area contributed by atoms with Gasteiger partial charge in [-0.15, -0.1) is 0 Å². The monoisotopic (exact) mass is 305 g/mol. The van der Waals surface area contributed by atoms with Crippen molar-refractivity contribution in [3.05, 3.63) is 29.3 Å². The Balaban J connectivity index is 1.75. The molecule has 0 aliphatic heterocycles. The van der Waals surface area contributed by atoms with E-state index in [4.69, 9.17) is 9.84 Å². The summed E-state index contributed by atoms with van der Waals surface area (Å²) in [5.41, 5.74) is 2.17. The van der Waals surface area contributed by atoms with Gasteiger partial charge in [0.25, 0.3) is 5.91 Å². The number of amides is 1. The smallest absolute Gasteiger partial charge is 0.306 e. The van der Waals surface area contributed by atoms with Crippen molar-refractivity contribution in [2.75, 3.05) is 6.61 Å². The molecule has 5 nitrogen and oxygen atoms in total. The second-order valence-corrected chi connectivity index (χ2v) is 6.01. The second-order valence-electron chi connectivity index (χ2n) is 6.01. The molecule has 0 spiro atoms. The number of rotatable bonds is 5. The fourth-order valence-electron chi connectivity index (χ4n) is 2.86. The summed E-state index contributed by atoms with van der Waals surface area (Å²) in [6, 6.07) is 5.90. The molecule has 1 aromatic rings. The van der Waals surface area contributed by atoms with Gasteiger partial charge in [0.05, 0.1) is 5.92 Å². The third-order valence-corrected chi connectivity index (χ3v) is 4.13. The number of carboxylic acid groups (broad SMARTS) is 1. The molecule has 120 valence electrons. The molecule has 0 heterocycles. The van der Waals surface area contributed by atoms with Crippen LogP contribution in [0.15, 0.2) is 18.2 Å². The molecule has 1 fully saturated rings. The van der Waals surface area contributed by atoms with E-state index in [-0.39, 0.29) is 24.5 Å². The Morgan fingerprint density at radius 3 is 2.50 bits per heavy atom. The molecule has 0 bridgehead atoms. The van der Waals surface area contributed by atoms with Gasteiger partial charge < -0.3 is 15.2 Å². The highest BCUT2D eigenvalue weighted by Gasteiger charge is 2.26. The maximum absolute atomic E-state index is 11.9. The number of aryl methyl sites for hydroxylation is 2. The molecular weight excluding hydrogens is 282 g/mol. The van der Waals surface area contributed by atoms with Crippen molar-refractivity contribution in [2.24, 2.45) is 5.92 Å². The Bertz CT molecular complexity index is 548. The minimum Gasteiger partial charge on any atom is -0.484 e. The molecule has 1 aliphatic rings. The average Bonchev–Trinajstić information content (AvgIpc) is 2.47. The number of aliphatic carboxylic acids is 1. The summed E-state index contributed by atoms with van der Waals surface area (Å²) >= 11 is 0. The second kappa shape index (κ2) is 7.29. The highest BCUT2D eigenvalue weighted by atomic mass is 16.5. The van der Waals surface area contributed by atoms with Crippen molar-refractivity contribution < 1.29 is 19.4 Å². The maximum Gasteiger partial charge on any atom is 0.306 e. The standard InChI is InChI=1S/C17H23NO4/c1-11-3-8-15(12(2)9-11)22-10-16(19)18-14-6-4-13(5-7-14)17(20)21/h3,8-9,13-14H,4-7,10H2,1-2H3,(H,18,19)(H,20,21). The van der Waals surface area contributed by atoms with Gasteiger partial charge in [0.15, 0.2) is 6.61 Å². The molecule has 1 aliphatic carbocycles. The van der Waals surface area contributed by atoms with Gasteiger partial charge in [0, 0.05) is 6.04 Å². The van der Waals surface area contributed by atoms with E-state index in [1.54, 1.807) is 0 Å². The van der Waals surface area contributed by atoms with Crippen LogP contribution in [0.1, 0.15) is 36.8 Å². The minimum absolute atomic E-state index is 0.0112. The van der Waals surface area contributed by atoms with E-state index in [9.17, 15) is 9.59 Å². The Kier molecular flexibility index (Phi) is 5.41. The van der Waals surface area contributed by atoms with Crippen molar-refractivity contribution >= 4 is 11.9 Å². The van der Waals surface area contributed by atoms with Crippen molar-refractivity contribution in [1.82, 2.24) is 5.32 Å². The fraction of sp³-hybridized carbons (Fsp3) is 0.529. The summed E-state index contributed by atoms with van der Waals surface area (Å²) < 4.78 is 5.55. The Labute approximate surface area is 130 Å². The first-order valence-electron chi connectivity index (χ1n) is 7.68. The van der Waals surface area contributed by atoms with Gasteiger partial charge >= 0.3 is 5.97 Å². The van der Waals surface area contributed by atoms with E-state index < -0.39 is 5.97 Å². The normalized spacial score (nSPS) is 21.2. The third-order valence-electron chi connectivity index (χ3n) is 4.13. The van der Waals surface area contributed by atoms with Gasteiger partial charge in [0.2, 0.25) is 0 Å². The Morgan fingerprint density at radius 1 is 1.23 bits per heavy atom. The van der Waals surface area contributed by atoms with Gasteiger partial charge in [-0.25, -0.2) is 0 Å². The van der Waals surface area contributed by atoms with E-state index in [1.165, 1.54) is 0 Å². The van der Waals surface area contributed by atoms with Crippen LogP contribution in [-0.4, -0.2) is 29.6 Å². The van der Waals surface area contributed by atoms with Crippen LogP contribution < -0.4 is 10.1 Å². The lowest BCUT2D eigenvalue weighted by atomic mass is 9.86. The number of carbonyl (C=O) groups excluding carboxylic acids is 1. The number of hydrogen-bond donors (Lipinski definition) is 2. The number of hydrogen-bond acceptors (Lipinski definition) is 3. The zero-order valence-corrected chi connectivity index (χ0v) is 13.1. The molecule has 0 atom stereocenters. The highest BCUT2D eigenvalue weighted by molar-refractivity contribution is 5.78. The van der Waals surface area contributed by atoms with Crippen molar-refractivity contribution in [3.63, 3.8) is 0 Å². The largest absolute Gasteiger partial charge is 0.484 e. The van der Waals surface area contributed by atoms with Crippen LogP contribution in [0.4, 0.5) is 0 Å². The van der Waals surface area contributed by atoms with Crippen molar-refractivity contribution in [1.29, 1.82) is 0 Å². The van der Waals surface area contributed by atoms with Gasteiger partial charge in [-0.2, -0.15) is 0 Å². The van der Waals surface area contributed by atoms with Crippen LogP contribution >= 0.6 is 0 Å². The summed E-state index contributed by atoms with van der Waals surface area (Å²) in [6.45, 7) is 3.95. The maximum atomic E-state index is 11.9. The van der Waals surface area contributed by atoms with Gasteiger partial charge in [0.1, 0.15) is 5.75 Å². The number of benzene rings is 1. The van der Waals surface area contributed by atoms with E-state index in [2.05, 4.69) is 5.32 Å². The molecule has 1 aromatic carbocycles. The first-order valence-corrected chi connectivity index (χ1v) is 7.68. The molecule has 0 unspecified atom stereocenters. The summed E-state index contributed by atoms with van der Waals surface area (Å²) in [5.74, 6) is -0.434. The lowest BCUT2D eigenvalue weighted by Gasteiger charge is -2.26. The number of nitrogens with one attached hydrogen (secondary N) is 1. The number of carbonyl (C=O) groups is 2. The molecule has 2 rings (SSSR count). The van der Waals surface area contributed by atoms with Crippen LogP contribution in [-0.2, 0) is 9.59 Å². The van der Waals surface area contributed by atoms with Crippen molar-refractivity contribution in [3.8, 4) is 5.75 Å². The lowest BCUT2D eigenvalue weighted by molar-refractivity contribution is -0.142. The predicted octanol–water partition coefficient (Wildman–Crippen LogP) is 2.44. The zero-order chi connectivity index (χ0) is 16.1. The topological polar surface area (TPSA) is 75.6 Å². The Hall–Kier alpha value is -2.04. The van der Waals surface area contributed by atoms with Gasteiger partial charge in [-0.05, 0) is 51.2 Å². The van der Waals surface area contributed by atoms with E-state index in [0.29, 0.717) is 25.7 Å². The lowest BCUT2D eigenvalue weighted by Crippen LogP contribution is -2.40. The number of carboxylic acids is 1. The first-order chi connectivity index (χ1) is 10.5.